The van der Waals surface area contributed by atoms with Crippen molar-refractivity contribution in [1.29, 1.82) is 0 Å². The molecule has 2 nitrogen and oxygen atoms in total. The van der Waals surface area contributed by atoms with Crippen LogP contribution in [0.25, 0.3) is 128 Å². The predicted octanol–water partition coefficient (Wildman–Crippen LogP) is 27.3. The van der Waals surface area contributed by atoms with E-state index in [0.717, 1.165) is 47.8 Å². The van der Waals surface area contributed by atoms with Crippen LogP contribution in [-0.2, 0) is 43.3 Å². The van der Waals surface area contributed by atoms with Gasteiger partial charge in [-0.15, -0.1) is 29.1 Å². The molecule has 5 aromatic heterocycles. The van der Waals surface area contributed by atoms with Crippen molar-refractivity contribution < 1.29 is 0 Å². The Bertz CT molecular complexity index is 5250. The van der Waals surface area contributed by atoms with Crippen molar-refractivity contribution >= 4 is 107 Å². The quantitative estimate of drug-likeness (QED) is 0.165. The van der Waals surface area contributed by atoms with Crippen molar-refractivity contribution in [1.82, 2.24) is 9.97 Å². The highest BCUT2D eigenvalue weighted by Crippen LogP contribution is 2.49. The number of rotatable bonds is 4. The molecule has 0 aliphatic rings. The highest BCUT2D eigenvalue weighted by atomic mass is 32.1. The molecule has 0 radical (unpaired) electrons. The van der Waals surface area contributed by atoms with E-state index < -0.39 is 0 Å². The normalized spacial score (nSPS) is 13.5. The van der Waals surface area contributed by atoms with Gasteiger partial charge in [-0.2, -0.15) is 0 Å². The molecule has 8 aromatic carbocycles. The van der Waals surface area contributed by atoms with Gasteiger partial charge in [0.1, 0.15) is 0 Å². The minimum absolute atomic E-state index is 0.0655. The molecule has 0 unspecified atom stereocenters. The molecule has 0 aliphatic heterocycles. The summed E-state index contributed by atoms with van der Waals surface area (Å²) in [4.78, 5) is 8.51. The lowest BCUT2D eigenvalue weighted by Gasteiger charge is -2.26. The third kappa shape index (κ3) is 11.7. The van der Waals surface area contributed by atoms with E-state index in [0.29, 0.717) is 0 Å². The topological polar surface area (TPSA) is 31.6 Å². The molecule has 94 heavy (non-hydrogen) atoms. The number of hydrogen-bond acceptors (Lipinski definition) is 2. The summed E-state index contributed by atoms with van der Waals surface area (Å²) >= 11 is 3.72. The Morgan fingerprint density at radius 3 is 0.702 bits per heavy atom. The monoisotopic (exact) mass is 1270 g/mol. The molecular weight excluding hydrogens is 1170 g/mol. The first kappa shape index (κ1) is 65.0. The Balaban J connectivity index is 1.27. The first-order valence-corrected chi connectivity index (χ1v) is 35.8. The van der Waals surface area contributed by atoms with Gasteiger partial charge < -0.3 is 9.97 Å². The second kappa shape index (κ2) is 21.7. The zero-order chi connectivity index (χ0) is 67.9. The number of hydrogen-bond donors (Lipinski definition) is 2. The van der Waals surface area contributed by atoms with Crippen LogP contribution in [0.4, 0.5) is 0 Å². The second-order valence-corrected chi connectivity index (χ2v) is 38.0. The van der Waals surface area contributed by atoms with Crippen molar-refractivity contribution in [2.24, 2.45) is 0 Å². The van der Waals surface area contributed by atoms with E-state index in [1.807, 2.05) is 22.7 Å². The number of aromatic nitrogens is 2. The van der Waals surface area contributed by atoms with E-state index in [4.69, 9.17) is 6.42 Å². The molecule has 480 valence electrons. The maximum atomic E-state index is 6.95. The molecular formula is C90H98N2S2. The van der Waals surface area contributed by atoms with Crippen LogP contribution in [0.2, 0.25) is 0 Å². The second-order valence-electron chi connectivity index (χ2n) is 35.9. The zero-order valence-corrected chi connectivity index (χ0v) is 62.3. The van der Waals surface area contributed by atoms with Crippen LogP contribution >= 0.6 is 22.7 Å². The van der Waals surface area contributed by atoms with Crippen LogP contribution in [0.3, 0.4) is 0 Å². The van der Waals surface area contributed by atoms with E-state index >= 15 is 0 Å². The summed E-state index contributed by atoms with van der Waals surface area (Å²) in [6, 6.07) is 56.4. The molecule has 0 spiro atoms. The van der Waals surface area contributed by atoms with Crippen LogP contribution in [-0.4, -0.2) is 9.97 Å². The molecule has 5 heterocycles. The van der Waals surface area contributed by atoms with Crippen LogP contribution in [0.15, 0.2) is 140 Å². The zero-order valence-electron chi connectivity index (χ0n) is 60.7. The molecule has 8 bridgehead atoms. The molecule has 0 saturated carbocycles. The molecule has 13 aromatic rings. The molecule has 0 fully saturated rings. The van der Waals surface area contributed by atoms with E-state index in [1.54, 1.807) is 0 Å². The third-order valence-corrected chi connectivity index (χ3v) is 22.5. The summed E-state index contributed by atoms with van der Waals surface area (Å²) in [5.74, 6) is 3.32. The molecule has 2 N–H and O–H groups in total. The molecule has 4 heteroatoms. The van der Waals surface area contributed by atoms with Crippen LogP contribution in [0, 0.1) is 12.3 Å². The van der Waals surface area contributed by atoms with Gasteiger partial charge in [0.25, 0.3) is 0 Å². The standard InChI is InChI=1S/C90H98N2S2/c1-26-50-45-77-73-43-57(53-33-63(87(14,15)16)48-64(34-53)88(17,18)19)39-68-67-37-55(51-29-59(83(2,3)4)46-60(30-51)84(5,6)7)41-71(78(67)91-80(68)73)75-27-28-76(93-75)72-42-56(52-31-61(85(8,9)10)47-62(32-52)86(11,12)13)38-69-70-40-58(44-74(82(50)94-77)81(70)92-79(69)72)54-35-65(89(20,21)22)49-66(36-54)90(23,24)25/h1,27-49,91-92H,2-25H3. The van der Waals surface area contributed by atoms with E-state index in [1.165, 1.54) is 131 Å². The van der Waals surface area contributed by atoms with E-state index in [9.17, 15) is 0 Å². The van der Waals surface area contributed by atoms with Crippen LogP contribution in [0.5, 0.6) is 0 Å². The maximum Gasteiger partial charge on any atom is 0.0553 e. The van der Waals surface area contributed by atoms with Crippen molar-refractivity contribution in [3.8, 4) is 56.9 Å². The average Bonchev–Trinajstić information content (AvgIpc) is 1.56. The van der Waals surface area contributed by atoms with Gasteiger partial charge in [0.2, 0.25) is 0 Å². The lowest BCUT2D eigenvalue weighted by Crippen LogP contribution is -2.16. The predicted molar refractivity (Wildman–Crippen MR) is 419 cm³/mol. The summed E-state index contributed by atoms with van der Waals surface area (Å²) < 4.78 is 4.62. The Morgan fingerprint density at radius 2 is 0.457 bits per heavy atom. The fraction of sp³-hybridized carbons (Fsp3) is 0.356. The molecule has 0 atom stereocenters. The Kier molecular flexibility index (Phi) is 15.0. The minimum atomic E-state index is -0.0800. The van der Waals surface area contributed by atoms with Crippen molar-refractivity contribution in [2.45, 2.75) is 209 Å². The lowest BCUT2D eigenvalue weighted by molar-refractivity contribution is 0.568. The Hall–Kier alpha value is -7.68. The summed E-state index contributed by atoms with van der Waals surface area (Å²) in [6.07, 6.45) is 6.95. The number of terminal acetylenes is 1. The fourth-order valence-electron chi connectivity index (χ4n) is 13.7. The largest absolute Gasteiger partial charge is 0.353 e. The van der Waals surface area contributed by atoms with Gasteiger partial charge >= 0.3 is 0 Å². The number of aromatic amines is 2. The highest BCUT2D eigenvalue weighted by molar-refractivity contribution is 7.25. The number of nitrogens with one attached hydrogen (secondary N) is 2. The maximum absolute atomic E-state index is 6.95. The molecule has 0 aliphatic carbocycles. The van der Waals surface area contributed by atoms with E-state index in [2.05, 4.69) is 322 Å². The first-order valence-electron chi connectivity index (χ1n) is 34.1. The van der Waals surface area contributed by atoms with Crippen molar-refractivity contribution in [3.05, 3.63) is 190 Å². The number of thiophene rings is 2. The summed E-state index contributed by atoms with van der Waals surface area (Å²) in [5, 5.41) is 9.39. The molecule has 0 saturated heterocycles. The Morgan fingerprint density at radius 1 is 0.245 bits per heavy atom. The van der Waals surface area contributed by atoms with Gasteiger partial charge in [-0.05, 0) is 199 Å². The summed E-state index contributed by atoms with van der Waals surface area (Å²) in [7, 11) is 0. The SMILES string of the molecule is C#Cc1cc2sc1c1cc(-c3cc(C(C)(C)C)cc(C(C)(C)C)c3)cc3c4cc(-c5cc(C(C)(C)C)cc(C(C)(C)C)c5)cc(c5ccc(s5)c5cc(-c6cc(C(C)(C)C)cc(C(C)(C)C)c6)cc6c7cc(-c8cc(C(C)(C)C)cc(C(C)(C)C)c8)cc2c7[nH]c56)c4[nH]c13. The third-order valence-electron chi connectivity index (χ3n) is 20.2. The highest BCUT2D eigenvalue weighted by Gasteiger charge is 2.29. The fourth-order valence-corrected chi connectivity index (χ4v) is 16.0. The number of H-pyrrole nitrogens is 2. The van der Waals surface area contributed by atoms with Gasteiger partial charge in [-0.1, -0.05) is 245 Å². The molecule has 13 rings (SSSR count). The first-order chi connectivity index (χ1) is 43.5. The van der Waals surface area contributed by atoms with E-state index in [-0.39, 0.29) is 43.3 Å². The smallest absolute Gasteiger partial charge is 0.0553 e. The summed E-state index contributed by atoms with van der Waals surface area (Å²) in [6.45, 7) is 56.2. The van der Waals surface area contributed by atoms with Crippen LogP contribution in [0.1, 0.15) is 216 Å². The lowest BCUT2D eigenvalue weighted by atomic mass is 9.78. The van der Waals surface area contributed by atoms with Gasteiger partial charge in [-0.25, -0.2) is 0 Å². The summed E-state index contributed by atoms with van der Waals surface area (Å²) in [5.41, 5.74) is 25.0. The molecule has 0 amide bonds. The van der Waals surface area contributed by atoms with Gasteiger partial charge in [-0.3, -0.25) is 0 Å². The average molecular weight is 1270 g/mol. The van der Waals surface area contributed by atoms with Crippen molar-refractivity contribution in [3.63, 3.8) is 0 Å². The number of fused-ring (bicyclic) bond motifs is 10. The van der Waals surface area contributed by atoms with Crippen LogP contribution < -0.4 is 0 Å². The number of benzene rings is 8. The van der Waals surface area contributed by atoms with Gasteiger partial charge in [0.15, 0.2) is 0 Å². The van der Waals surface area contributed by atoms with Gasteiger partial charge in [0.05, 0.1) is 26.8 Å². The Labute approximate surface area is 568 Å². The van der Waals surface area contributed by atoms with Gasteiger partial charge in [0, 0.05) is 62.8 Å². The minimum Gasteiger partial charge on any atom is -0.353 e. The van der Waals surface area contributed by atoms with Crippen molar-refractivity contribution in [2.75, 3.05) is 0 Å².